The first-order chi connectivity index (χ1) is 28.0. The monoisotopic (exact) mass is 801 g/mol. The van der Waals surface area contributed by atoms with Crippen LogP contribution < -0.4 is 0 Å². The van der Waals surface area contributed by atoms with E-state index in [4.69, 9.17) is 14.2 Å². The summed E-state index contributed by atoms with van der Waals surface area (Å²) < 4.78 is 16.6. The van der Waals surface area contributed by atoms with Gasteiger partial charge >= 0.3 is 17.9 Å². The van der Waals surface area contributed by atoms with Crippen molar-refractivity contribution in [1.29, 1.82) is 0 Å². The van der Waals surface area contributed by atoms with E-state index < -0.39 is 6.10 Å². The fraction of sp³-hybridized carbons (Fsp3) is 0.824. The van der Waals surface area contributed by atoms with Crippen molar-refractivity contribution in [3.8, 4) is 0 Å². The van der Waals surface area contributed by atoms with Crippen molar-refractivity contribution in [3.05, 3.63) is 36.5 Å². The van der Waals surface area contributed by atoms with E-state index in [9.17, 15) is 14.4 Å². The van der Waals surface area contributed by atoms with E-state index in [1.807, 2.05) is 0 Å². The topological polar surface area (TPSA) is 78.9 Å². The van der Waals surface area contributed by atoms with E-state index in [1.54, 1.807) is 0 Å². The highest BCUT2D eigenvalue weighted by Gasteiger charge is 2.19. The Labute approximate surface area is 353 Å². The molecule has 0 bridgehead atoms. The number of carbonyl (C=O) groups is 3. The average Bonchev–Trinajstić information content (AvgIpc) is 3.21. The molecule has 0 aliphatic rings. The molecule has 0 saturated heterocycles. The Morgan fingerprint density at radius 1 is 0.351 bits per heavy atom. The third-order valence-corrected chi connectivity index (χ3v) is 10.6. The van der Waals surface area contributed by atoms with Crippen LogP contribution in [-0.2, 0) is 28.6 Å². The van der Waals surface area contributed by atoms with E-state index in [-0.39, 0.29) is 31.1 Å². The van der Waals surface area contributed by atoms with E-state index >= 15 is 0 Å². The molecule has 57 heavy (non-hydrogen) atoms. The second-order valence-electron chi connectivity index (χ2n) is 16.4. The van der Waals surface area contributed by atoms with Crippen molar-refractivity contribution in [1.82, 2.24) is 0 Å². The zero-order chi connectivity index (χ0) is 41.5. The fourth-order valence-electron chi connectivity index (χ4n) is 6.88. The second kappa shape index (κ2) is 46.3. The SMILES string of the molecule is CCCCC/C=C\C/C=C\CCCCCCCCCC(=O)OCC(COC(=O)CCCCCCC)OC(=O)CCCCCCCCC/C=C\CCCCCCCC. The molecule has 0 fully saturated rings. The molecule has 0 aromatic heterocycles. The quantitative estimate of drug-likeness (QED) is 0.0264. The Balaban J connectivity index is 4.19. The number of allylic oxidation sites excluding steroid dienone is 6. The first kappa shape index (κ1) is 54.6. The molecule has 1 atom stereocenters. The number of hydrogen-bond donors (Lipinski definition) is 0. The molecule has 1 unspecified atom stereocenters. The molecule has 332 valence electrons. The van der Waals surface area contributed by atoms with Crippen LogP contribution in [0.5, 0.6) is 0 Å². The van der Waals surface area contributed by atoms with Crippen LogP contribution in [0.25, 0.3) is 0 Å². The van der Waals surface area contributed by atoms with Gasteiger partial charge in [0.15, 0.2) is 6.10 Å². The molecular formula is C51H92O6. The van der Waals surface area contributed by atoms with E-state index in [0.717, 1.165) is 77.0 Å². The number of esters is 3. The first-order valence-corrected chi connectivity index (χ1v) is 24.5. The van der Waals surface area contributed by atoms with Gasteiger partial charge in [0.25, 0.3) is 0 Å². The van der Waals surface area contributed by atoms with Gasteiger partial charge in [0, 0.05) is 19.3 Å². The molecule has 0 rings (SSSR count). The van der Waals surface area contributed by atoms with Gasteiger partial charge < -0.3 is 14.2 Å². The summed E-state index contributed by atoms with van der Waals surface area (Å²) in [5.41, 5.74) is 0. The van der Waals surface area contributed by atoms with Gasteiger partial charge in [-0.3, -0.25) is 14.4 Å². The van der Waals surface area contributed by atoms with Crippen LogP contribution in [0.15, 0.2) is 36.5 Å². The van der Waals surface area contributed by atoms with Crippen molar-refractivity contribution >= 4 is 17.9 Å². The van der Waals surface area contributed by atoms with Gasteiger partial charge in [-0.2, -0.15) is 0 Å². The molecule has 0 radical (unpaired) electrons. The third-order valence-electron chi connectivity index (χ3n) is 10.6. The molecule has 0 N–H and O–H groups in total. The molecule has 0 spiro atoms. The number of rotatable bonds is 44. The molecule has 0 aliphatic carbocycles. The molecule has 6 nitrogen and oxygen atoms in total. The maximum Gasteiger partial charge on any atom is 0.306 e. The summed E-state index contributed by atoms with van der Waals surface area (Å²) in [5, 5.41) is 0. The second-order valence-corrected chi connectivity index (χ2v) is 16.4. The summed E-state index contributed by atoms with van der Waals surface area (Å²) in [7, 11) is 0. The normalized spacial score (nSPS) is 12.3. The van der Waals surface area contributed by atoms with Crippen LogP contribution in [0.3, 0.4) is 0 Å². The smallest absolute Gasteiger partial charge is 0.306 e. The zero-order valence-corrected chi connectivity index (χ0v) is 37.9. The minimum Gasteiger partial charge on any atom is -0.462 e. The maximum atomic E-state index is 12.7. The molecule has 0 aliphatic heterocycles. The van der Waals surface area contributed by atoms with Crippen molar-refractivity contribution < 1.29 is 28.6 Å². The highest BCUT2D eigenvalue weighted by atomic mass is 16.6. The van der Waals surface area contributed by atoms with Crippen LogP contribution in [-0.4, -0.2) is 37.2 Å². The zero-order valence-electron chi connectivity index (χ0n) is 37.9. The predicted molar refractivity (Wildman–Crippen MR) is 242 cm³/mol. The number of hydrogen-bond acceptors (Lipinski definition) is 6. The van der Waals surface area contributed by atoms with Gasteiger partial charge in [-0.15, -0.1) is 0 Å². The Morgan fingerprint density at radius 2 is 0.632 bits per heavy atom. The Kier molecular flexibility index (Phi) is 44.4. The highest BCUT2D eigenvalue weighted by Crippen LogP contribution is 2.14. The third kappa shape index (κ3) is 44.6. The average molecular weight is 801 g/mol. The Bertz CT molecular complexity index is 969. The lowest BCUT2D eigenvalue weighted by molar-refractivity contribution is -0.167. The summed E-state index contributed by atoms with van der Waals surface area (Å²) in [6.45, 7) is 6.52. The van der Waals surface area contributed by atoms with Gasteiger partial charge in [0.2, 0.25) is 0 Å². The van der Waals surface area contributed by atoms with Gasteiger partial charge in [-0.25, -0.2) is 0 Å². The van der Waals surface area contributed by atoms with E-state index in [2.05, 4.69) is 57.2 Å². The maximum absolute atomic E-state index is 12.7. The Hall–Kier alpha value is -2.37. The summed E-state index contributed by atoms with van der Waals surface area (Å²) in [6.07, 6.45) is 53.0. The van der Waals surface area contributed by atoms with Crippen LogP contribution in [0.1, 0.15) is 252 Å². The Morgan fingerprint density at radius 3 is 1.02 bits per heavy atom. The summed E-state index contributed by atoms with van der Waals surface area (Å²) in [5.74, 6) is -0.897. The first-order valence-electron chi connectivity index (χ1n) is 24.5. The van der Waals surface area contributed by atoms with Gasteiger partial charge in [0.05, 0.1) is 0 Å². The predicted octanol–water partition coefficient (Wildman–Crippen LogP) is 15.8. The van der Waals surface area contributed by atoms with Crippen LogP contribution in [0.4, 0.5) is 0 Å². The van der Waals surface area contributed by atoms with Crippen molar-refractivity contribution in [2.75, 3.05) is 13.2 Å². The van der Waals surface area contributed by atoms with Crippen LogP contribution >= 0.6 is 0 Å². The summed E-state index contributed by atoms with van der Waals surface area (Å²) in [4.78, 5) is 37.6. The lowest BCUT2D eigenvalue weighted by atomic mass is 10.1. The van der Waals surface area contributed by atoms with E-state index in [1.165, 1.54) is 135 Å². The number of carbonyl (C=O) groups excluding carboxylic acids is 3. The van der Waals surface area contributed by atoms with Gasteiger partial charge in [0.1, 0.15) is 13.2 Å². The van der Waals surface area contributed by atoms with Crippen LogP contribution in [0.2, 0.25) is 0 Å². The van der Waals surface area contributed by atoms with Crippen LogP contribution in [0, 0.1) is 0 Å². The lowest BCUT2D eigenvalue weighted by Crippen LogP contribution is -2.30. The van der Waals surface area contributed by atoms with Gasteiger partial charge in [-0.1, -0.05) is 192 Å². The van der Waals surface area contributed by atoms with E-state index in [0.29, 0.717) is 19.3 Å². The standard InChI is InChI=1S/C51H92O6/c1-4-7-10-13-15-17-19-21-23-25-27-29-31-33-35-38-41-44-50(53)56-47-48(46-55-49(52)43-40-37-12-9-6-3)57-51(54)45-42-39-36-34-32-30-28-26-24-22-20-18-16-14-11-8-5-2/h15,17,21-24,48H,4-14,16,18-20,25-47H2,1-3H3/b17-15-,23-21-,24-22-. The number of ether oxygens (including phenoxy) is 3. The van der Waals surface area contributed by atoms with Crippen molar-refractivity contribution in [3.63, 3.8) is 0 Å². The minimum absolute atomic E-state index is 0.0764. The lowest BCUT2D eigenvalue weighted by Gasteiger charge is -2.18. The molecule has 0 saturated carbocycles. The summed E-state index contributed by atoms with van der Waals surface area (Å²) in [6, 6.07) is 0. The molecule has 0 heterocycles. The molecule has 0 aromatic rings. The largest absolute Gasteiger partial charge is 0.462 e. The summed E-state index contributed by atoms with van der Waals surface area (Å²) >= 11 is 0. The minimum atomic E-state index is -0.771. The van der Waals surface area contributed by atoms with Crippen molar-refractivity contribution in [2.45, 2.75) is 258 Å². The fourth-order valence-corrected chi connectivity index (χ4v) is 6.88. The molecular weight excluding hydrogens is 709 g/mol. The molecule has 6 heteroatoms. The number of unbranched alkanes of at least 4 members (excludes halogenated alkanes) is 27. The highest BCUT2D eigenvalue weighted by molar-refractivity contribution is 5.71. The van der Waals surface area contributed by atoms with Gasteiger partial charge in [-0.05, 0) is 77.0 Å². The molecule has 0 amide bonds. The van der Waals surface area contributed by atoms with Crippen molar-refractivity contribution in [2.24, 2.45) is 0 Å². The molecule has 0 aromatic carbocycles.